The Morgan fingerprint density at radius 1 is 1.48 bits per heavy atom. The van der Waals surface area contributed by atoms with E-state index in [4.69, 9.17) is 14.5 Å². The Hall–Kier alpha value is -0.370. The third-order valence-electron chi connectivity index (χ3n) is 3.01. The molecule has 4 N–H and O–H groups in total. The van der Waals surface area contributed by atoms with Crippen molar-refractivity contribution in [3.63, 3.8) is 0 Å². The normalized spacial score (nSPS) is 30.7. The Bertz CT molecular complexity index is 522. The van der Waals surface area contributed by atoms with Crippen LogP contribution in [0.5, 0.6) is 0 Å². The summed E-state index contributed by atoms with van der Waals surface area (Å²) in [5.74, 6) is -0.457. The zero-order valence-corrected chi connectivity index (χ0v) is 13.8. The maximum absolute atomic E-state index is 11.7. The van der Waals surface area contributed by atoms with Gasteiger partial charge >= 0.3 is 132 Å². The Morgan fingerprint density at radius 3 is 2.76 bits per heavy atom. The molecule has 0 radical (unpaired) electrons. The second-order valence-corrected chi connectivity index (χ2v) is 7.17. The number of aliphatic hydroxyl groups is 1. The van der Waals surface area contributed by atoms with E-state index in [2.05, 4.69) is 9.84 Å². The second-order valence-electron chi connectivity index (χ2n) is 4.53. The third-order valence-corrected chi connectivity index (χ3v) is 4.39. The molecular weight excluding hydrogens is 423 g/mol. The van der Waals surface area contributed by atoms with Crippen LogP contribution in [0.2, 0.25) is 0 Å². The summed E-state index contributed by atoms with van der Waals surface area (Å²) >= 11 is 1.49. The Labute approximate surface area is 132 Å². The fourth-order valence-corrected chi connectivity index (χ4v) is 2.88. The fourth-order valence-electron chi connectivity index (χ4n) is 2.00. The van der Waals surface area contributed by atoms with Crippen LogP contribution in [0.15, 0.2) is 0 Å². The van der Waals surface area contributed by atoms with Crippen LogP contribution in [0.4, 0.5) is 4.79 Å². The molecule has 0 unspecified atom stereocenters. The van der Waals surface area contributed by atoms with Gasteiger partial charge in [-0.25, -0.2) is 0 Å². The Kier molecular flexibility index (Phi) is 5.18. The quantitative estimate of drug-likeness (QED) is 0.279. The van der Waals surface area contributed by atoms with Gasteiger partial charge in [0.15, 0.2) is 0 Å². The van der Waals surface area contributed by atoms with Crippen molar-refractivity contribution in [2.75, 3.05) is 13.2 Å². The molecule has 0 aromatic heterocycles. The van der Waals surface area contributed by atoms with Crippen LogP contribution < -0.4 is 5.32 Å². The number of hydrogen-bond acceptors (Lipinski definition) is 6. The first-order valence-corrected chi connectivity index (χ1v) is 8.55. The van der Waals surface area contributed by atoms with Gasteiger partial charge in [-0.15, -0.1) is 0 Å². The number of rotatable bonds is 4. The number of aliphatic hydroxyl groups excluding tert-OH is 1. The zero-order chi connectivity index (χ0) is 15.8. The predicted molar refractivity (Wildman–Crippen MR) is 68.3 cm³/mol. The molecule has 12 heteroatoms. The molecule has 118 valence electrons. The van der Waals surface area contributed by atoms with Gasteiger partial charge < -0.3 is 0 Å². The first-order valence-electron chi connectivity index (χ1n) is 5.86. The van der Waals surface area contributed by atoms with Gasteiger partial charge in [0.25, 0.3) is 0 Å². The SMILES string of the molecule is O=C1NC(=O)N([C@H]2C[C@H](O)[C@@H](COP(=O)(O)O)O2)CC1=[Te]. The first-order chi connectivity index (χ1) is 9.67. The van der Waals surface area contributed by atoms with E-state index in [0.29, 0.717) is 3.55 Å². The van der Waals surface area contributed by atoms with Gasteiger partial charge in [0, 0.05) is 0 Å². The van der Waals surface area contributed by atoms with Gasteiger partial charge in [-0.2, -0.15) is 0 Å². The van der Waals surface area contributed by atoms with Crippen molar-refractivity contribution in [1.82, 2.24) is 10.2 Å². The molecule has 10 nitrogen and oxygen atoms in total. The van der Waals surface area contributed by atoms with Crippen molar-refractivity contribution in [2.45, 2.75) is 24.9 Å². The molecule has 21 heavy (non-hydrogen) atoms. The second kappa shape index (κ2) is 6.40. The molecule has 0 aromatic carbocycles. The van der Waals surface area contributed by atoms with Crippen molar-refractivity contribution in [3.8, 4) is 0 Å². The van der Waals surface area contributed by atoms with E-state index in [1.165, 1.54) is 26.7 Å². The summed E-state index contributed by atoms with van der Waals surface area (Å²) in [6.07, 6.45) is -2.73. The number of nitrogens with one attached hydrogen (secondary N) is 1. The van der Waals surface area contributed by atoms with E-state index < -0.39 is 44.8 Å². The molecule has 0 spiro atoms. The molecular formula is C9H13N2O8PTe. The van der Waals surface area contributed by atoms with Gasteiger partial charge in [0.2, 0.25) is 0 Å². The van der Waals surface area contributed by atoms with Crippen LogP contribution in [-0.2, 0) is 18.6 Å². The summed E-state index contributed by atoms with van der Waals surface area (Å²) in [6.45, 7) is -0.432. The Balaban J connectivity index is 1.97. The van der Waals surface area contributed by atoms with Crippen LogP contribution in [-0.4, -0.2) is 88.7 Å². The van der Waals surface area contributed by atoms with Crippen LogP contribution in [0, 0.1) is 0 Å². The standard InChI is InChI=1S/C9H13N2O8PTe/c12-4-1-7(19-5(4)3-18-20(15,16)17)11-2-6(21)8(13)10-9(11)14/h4-5,7,12H,1-3H2,(H,10,13,14)(H2,15,16,17)/t4-,5+,7+/m0/s1. The van der Waals surface area contributed by atoms with Crippen molar-refractivity contribution in [1.29, 1.82) is 0 Å². The molecule has 3 amide bonds. The summed E-state index contributed by atoms with van der Waals surface area (Å²) in [4.78, 5) is 41.5. The van der Waals surface area contributed by atoms with Gasteiger partial charge in [0.05, 0.1) is 0 Å². The van der Waals surface area contributed by atoms with Crippen molar-refractivity contribution in [2.24, 2.45) is 0 Å². The average molecular weight is 436 g/mol. The van der Waals surface area contributed by atoms with Gasteiger partial charge in [-0.1, -0.05) is 0 Å². The van der Waals surface area contributed by atoms with Crippen molar-refractivity contribution >= 4 is 45.1 Å². The third kappa shape index (κ3) is 4.31. The zero-order valence-electron chi connectivity index (χ0n) is 10.5. The van der Waals surface area contributed by atoms with E-state index in [9.17, 15) is 19.3 Å². The summed E-state index contributed by atoms with van der Waals surface area (Å²) in [5, 5.41) is 11.9. The molecule has 2 aliphatic heterocycles. The van der Waals surface area contributed by atoms with Gasteiger partial charge in [-0.05, 0) is 0 Å². The maximum atomic E-state index is 11.7. The number of hydrogen-bond donors (Lipinski definition) is 4. The summed E-state index contributed by atoms with van der Waals surface area (Å²) in [6, 6.07) is -0.638. The first kappa shape index (κ1) is 17.0. The predicted octanol–water partition coefficient (Wildman–Crippen LogP) is -2.54. The van der Waals surface area contributed by atoms with Gasteiger partial charge in [-0.3, -0.25) is 0 Å². The van der Waals surface area contributed by atoms with Crippen LogP contribution in [0.25, 0.3) is 0 Å². The van der Waals surface area contributed by atoms with E-state index in [1.54, 1.807) is 0 Å². The molecule has 0 saturated carbocycles. The number of carbonyl (C=O) groups excluding carboxylic acids is 2. The topological polar surface area (TPSA) is 146 Å². The van der Waals surface area contributed by atoms with Crippen LogP contribution in [0.3, 0.4) is 0 Å². The molecule has 2 saturated heterocycles. The number of nitrogens with zero attached hydrogens (tertiary/aromatic N) is 1. The monoisotopic (exact) mass is 438 g/mol. The molecule has 0 aliphatic carbocycles. The molecule has 0 bridgehead atoms. The number of urea groups is 1. The Morgan fingerprint density at radius 2 is 2.14 bits per heavy atom. The van der Waals surface area contributed by atoms with Gasteiger partial charge in [0.1, 0.15) is 0 Å². The van der Waals surface area contributed by atoms with Crippen molar-refractivity contribution in [3.05, 3.63) is 0 Å². The van der Waals surface area contributed by atoms with E-state index in [1.807, 2.05) is 0 Å². The molecule has 2 rings (SSSR count). The van der Waals surface area contributed by atoms with Crippen LogP contribution >= 0.6 is 7.82 Å². The number of imide groups is 1. The molecule has 2 aliphatic rings. The summed E-state index contributed by atoms with van der Waals surface area (Å²) in [5.41, 5.74) is 0. The van der Waals surface area contributed by atoms with Crippen LogP contribution in [0.1, 0.15) is 6.42 Å². The van der Waals surface area contributed by atoms with Crippen molar-refractivity contribution < 1.29 is 38.3 Å². The minimum atomic E-state index is -4.66. The molecule has 0 aromatic rings. The average Bonchev–Trinajstić information content (AvgIpc) is 2.72. The van der Waals surface area contributed by atoms with E-state index >= 15 is 0 Å². The molecule has 2 fully saturated rings. The number of amides is 3. The molecule has 2 heterocycles. The fraction of sp³-hybridized carbons (Fsp3) is 0.667. The summed E-state index contributed by atoms with van der Waals surface area (Å²) in [7, 11) is -4.66. The minimum absolute atomic E-state index is 0.0607. The number of phosphoric acid groups is 1. The number of carbonyl (C=O) groups is 2. The number of ether oxygens (including phenoxy) is 1. The summed E-state index contributed by atoms with van der Waals surface area (Å²) < 4.78 is 20.7. The van der Waals surface area contributed by atoms with E-state index in [-0.39, 0.29) is 13.0 Å². The van der Waals surface area contributed by atoms with E-state index in [0.717, 1.165) is 0 Å². The number of phosphoric ester groups is 1. The molecule has 3 atom stereocenters.